The third kappa shape index (κ3) is 4.25. The van der Waals surface area contributed by atoms with E-state index in [2.05, 4.69) is 15.6 Å². The van der Waals surface area contributed by atoms with Crippen molar-refractivity contribution in [2.45, 2.75) is 19.4 Å². The van der Waals surface area contributed by atoms with Crippen LogP contribution in [0, 0.1) is 10.1 Å². The molecule has 0 bridgehead atoms. The van der Waals surface area contributed by atoms with E-state index in [1.807, 2.05) is 24.4 Å². The van der Waals surface area contributed by atoms with Crippen LogP contribution in [0.15, 0.2) is 36.0 Å². The molecule has 0 saturated heterocycles. The van der Waals surface area contributed by atoms with Gasteiger partial charge in [-0.1, -0.05) is 6.07 Å². The molecule has 0 saturated carbocycles. The van der Waals surface area contributed by atoms with Crippen molar-refractivity contribution >= 4 is 28.7 Å². The van der Waals surface area contributed by atoms with Crippen LogP contribution >= 0.6 is 11.3 Å². The van der Waals surface area contributed by atoms with Gasteiger partial charge in [-0.05, 0) is 24.4 Å². The molecule has 110 valence electrons. The second-order valence-electron chi connectivity index (χ2n) is 4.43. The molecule has 0 radical (unpaired) electrons. The zero-order chi connectivity index (χ0) is 15.2. The summed E-state index contributed by atoms with van der Waals surface area (Å²) in [7, 11) is 0. The molecule has 2 aromatic rings. The molecule has 0 aliphatic carbocycles. The molecule has 2 N–H and O–H groups in total. The van der Waals surface area contributed by atoms with Crippen molar-refractivity contribution < 1.29 is 9.72 Å². The molecule has 2 rings (SSSR count). The number of amides is 2. The molecule has 2 aromatic heterocycles. The number of carbonyl (C=O) groups is 1. The lowest BCUT2D eigenvalue weighted by atomic mass is 10.2. The van der Waals surface area contributed by atoms with Gasteiger partial charge in [-0.2, -0.15) is 0 Å². The van der Waals surface area contributed by atoms with Gasteiger partial charge in [-0.3, -0.25) is 15.1 Å². The number of anilines is 1. The van der Waals surface area contributed by atoms with E-state index < -0.39 is 11.0 Å². The zero-order valence-corrected chi connectivity index (χ0v) is 12.1. The quantitative estimate of drug-likeness (QED) is 0.655. The van der Waals surface area contributed by atoms with Crippen LogP contribution in [0.5, 0.6) is 0 Å². The summed E-state index contributed by atoms with van der Waals surface area (Å²) in [6, 6.07) is 4.78. The first-order valence-corrected chi connectivity index (χ1v) is 7.12. The highest BCUT2D eigenvalue weighted by atomic mass is 32.1. The van der Waals surface area contributed by atoms with Gasteiger partial charge in [-0.25, -0.2) is 4.79 Å². The van der Waals surface area contributed by atoms with Crippen molar-refractivity contribution in [3.05, 3.63) is 51.0 Å². The Morgan fingerprint density at radius 2 is 2.33 bits per heavy atom. The summed E-state index contributed by atoms with van der Waals surface area (Å²) in [6.45, 7) is 1.88. The molecular weight excluding hydrogens is 292 g/mol. The average Bonchev–Trinajstić information content (AvgIpc) is 2.91. The number of urea groups is 1. The summed E-state index contributed by atoms with van der Waals surface area (Å²) >= 11 is 1.62. The first kappa shape index (κ1) is 14.9. The van der Waals surface area contributed by atoms with Crippen LogP contribution in [0.1, 0.15) is 11.8 Å². The van der Waals surface area contributed by atoms with Crippen LogP contribution in [0.25, 0.3) is 0 Å². The zero-order valence-electron chi connectivity index (χ0n) is 11.3. The lowest BCUT2D eigenvalue weighted by Crippen LogP contribution is -2.37. The third-order valence-corrected chi connectivity index (χ3v) is 3.61. The predicted molar refractivity (Wildman–Crippen MR) is 80.5 cm³/mol. The summed E-state index contributed by atoms with van der Waals surface area (Å²) in [5.74, 6) is 0. The lowest BCUT2D eigenvalue weighted by molar-refractivity contribution is -0.384. The van der Waals surface area contributed by atoms with E-state index in [0.29, 0.717) is 6.42 Å². The molecule has 8 heteroatoms. The second kappa shape index (κ2) is 6.80. The fraction of sp³-hybridized carbons (Fsp3) is 0.231. The molecule has 7 nitrogen and oxygen atoms in total. The van der Waals surface area contributed by atoms with Crippen molar-refractivity contribution in [2.75, 3.05) is 5.32 Å². The number of nitrogens with zero attached hydrogens (tertiary/aromatic N) is 2. The number of pyridine rings is 1. The average molecular weight is 306 g/mol. The van der Waals surface area contributed by atoms with E-state index in [1.54, 1.807) is 11.3 Å². The molecule has 2 heterocycles. The van der Waals surface area contributed by atoms with Gasteiger partial charge < -0.3 is 10.6 Å². The number of nitro groups is 1. The van der Waals surface area contributed by atoms with Crippen LogP contribution in [-0.4, -0.2) is 22.0 Å². The Morgan fingerprint density at radius 3 is 3.00 bits per heavy atom. The van der Waals surface area contributed by atoms with Crippen molar-refractivity contribution in [1.29, 1.82) is 0 Å². The molecule has 1 unspecified atom stereocenters. The molecular formula is C13H14N4O3S. The van der Waals surface area contributed by atoms with Gasteiger partial charge in [-0.15, -0.1) is 11.3 Å². The van der Waals surface area contributed by atoms with E-state index in [0.717, 1.165) is 11.1 Å². The van der Waals surface area contributed by atoms with Gasteiger partial charge in [0, 0.05) is 23.5 Å². The Balaban J connectivity index is 1.94. The van der Waals surface area contributed by atoms with Crippen LogP contribution in [0.3, 0.4) is 0 Å². The van der Waals surface area contributed by atoms with E-state index >= 15 is 0 Å². The van der Waals surface area contributed by atoms with Crippen LogP contribution < -0.4 is 10.6 Å². The largest absolute Gasteiger partial charge is 0.335 e. The van der Waals surface area contributed by atoms with Gasteiger partial charge in [0.25, 0.3) is 0 Å². The van der Waals surface area contributed by atoms with Crippen molar-refractivity contribution in [3.8, 4) is 0 Å². The maximum atomic E-state index is 11.9. The first-order valence-electron chi connectivity index (χ1n) is 6.24. The summed E-state index contributed by atoms with van der Waals surface area (Å²) in [5, 5.41) is 18.0. The topological polar surface area (TPSA) is 97.2 Å². The molecule has 1 atom stereocenters. The Morgan fingerprint density at radius 1 is 1.52 bits per heavy atom. The van der Waals surface area contributed by atoms with Crippen molar-refractivity contribution in [3.63, 3.8) is 0 Å². The number of hydrogen-bond donors (Lipinski definition) is 2. The second-order valence-corrected chi connectivity index (χ2v) is 5.47. The van der Waals surface area contributed by atoms with E-state index in [9.17, 15) is 14.9 Å². The highest BCUT2D eigenvalue weighted by Crippen LogP contribution is 2.21. The van der Waals surface area contributed by atoms with Crippen molar-refractivity contribution in [1.82, 2.24) is 10.3 Å². The number of rotatable bonds is 5. The van der Waals surface area contributed by atoms with Gasteiger partial charge >= 0.3 is 11.7 Å². The molecule has 0 aromatic carbocycles. The van der Waals surface area contributed by atoms with E-state index in [-0.39, 0.29) is 17.4 Å². The molecule has 0 aliphatic heterocycles. The first-order chi connectivity index (χ1) is 10.1. The van der Waals surface area contributed by atoms with Crippen LogP contribution in [-0.2, 0) is 6.42 Å². The molecule has 21 heavy (non-hydrogen) atoms. The van der Waals surface area contributed by atoms with E-state index in [1.165, 1.54) is 12.3 Å². The summed E-state index contributed by atoms with van der Waals surface area (Å²) in [6.07, 6.45) is 3.20. The number of carbonyl (C=O) groups excluding carboxylic acids is 1. The maximum Gasteiger partial charge on any atom is 0.319 e. The number of nitrogens with one attached hydrogen (secondary N) is 2. The summed E-state index contributed by atoms with van der Waals surface area (Å²) in [4.78, 5) is 26.9. The van der Waals surface area contributed by atoms with Crippen LogP contribution in [0.2, 0.25) is 0 Å². The Bertz CT molecular complexity index is 630. The van der Waals surface area contributed by atoms with Gasteiger partial charge in [0.2, 0.25) is 0 Å². The van der Waals surface area contributed by atoms with Gasteiger partial charge in [0.1, 0.15) is 11.9 Å². The monoisotopic (exact) mass is 306 g/mol. The minimum atomic E-state index is -0.586. The standard InChI is InChI=1S/C13H14N4O3S/c1-9(7-10-3-2-6-21-10)15-13(18)16-11-4-5-14-8-12(11)17(19)20/h2-6,8-9H,7H2,1H3,(H2,14,15,16,18). The predicted octanol–water partition coefficient (Wildman–Crippen LogP) is 2.80. The minimum absolute atomic E-state index is 0.0791. The fourth-order valence-electron chi connectivity index (χ4n) is 1.80. The van der Waals surface area contributed by atoms with E-state index in [4.69, 9.17) is 0 Å². The maximum absolute atomic E-state index is 11.9. The minimum Gasteiger partial charge on any atom is -0.335 e. The summed E-state index contributed by atoms with van der Waals surface area (Å²) in [5.41, 5.74) is -0.116. The molecule has 2 amide bonds. The SMILES string of the molecule is CC(Cc1cccs1)NC(=O)Nc1ccncc1[N+](=O)[O-]. The Hall–Kier alpha value is -2.48. The normalized spacial score (nSPS) is 11.7. The molecule has 0 fully saturated rings. The van der Waals surface area contributed by atoms with Gasteiger partial charge in [0.15, 0.2) is 0 Å². The third-order valence-electron chi connectivity index (χ3n) is 2.71. The number of thiophene rings is 1. The fourth-order valence-corrected chi connectivity index (χ4v) is 2.64. The highest BCUT2D eigenvalue weighted by molar-refractivity contribution is 7.09. The Kier molecular flexibility index (Phi) is 4.83. The van der Waals surface area contributed by atoms with Gasteiger partial charge in [0.05, 0.1) is 4.92 Å². The smallest absolute Gasteiger partial charge is 0.319 e. The molecule has 0 aliphatic rings. The highest BCUT2D eigenvalue weighted by Gasteiger charge is 2.16. The van der Waals surface area contributed by atoms with Crippen LogP contribution in [0.4, 0.5) is 16.2 Å². The summed E-state index contributed by atoms with van der Waals surface area (Å²) < 4.78 is 0. The molecule has 0 spiro atoms. The lowest BCUT2D eigenvalue weighted by Gasteiger charge is -2.13. The van der Waals surface area contributed by atoms with Crippen molar-refractivity contribution in [2.24, 2.45) is 0 Å². The Labute approximate surface area is 125 Å². The number of aromatic nitrogens is 1. The number of hydrogen-bond acceptors (Lipinski definition) is 5.